The van der Waals surface area contributed by atoms with Crippen molar-refractivity contribution in [3.8, 4) is 33.4 Å². The molecule has 0 spiro atoms. The van der Waals surface area contributed by atoms with Crippen molar-refractivity contribution in [3.05, 3.63) is 296 Å². The van der Waals surface area contributed by atoms with Crippen LogP contribution in [0.1, 0.15) is 94.7 Å². The van der Waals surface area contributed by atoms with E-state index in [-0.39, 0.29) is 21.1 Å². The topological polar surface area (TPSA) is 19.4 Å². The molecule has 0 bridgehead atoms. The first-order valence-corrected chi connectivity index (χ1v) is 24.3. The Morgan fingerprint density at radius 3 is 1.14 bits per heavy atom. The Balaban J connectivity index is 0.00000505. The van der Waals surface area contributed by atoms with Crippen molar-refractivity contribution in [1.82, 2.24) is 14.8 Å². The fourth-order valence-corrected chi connectivity index (χ4v) is 13.5. The minimum atomic E-state index is -0.810. The molecular weight excluding hydrogens is 1030 g/mol. The van der Waals surface area contributed by atoms with Gasteiger partial charge >= 0.3 is 0 Å². The normalized spacial score (nSPS) is 15.7. The van der Waals surface area contributed by atoms with E-state index in [0.29, 0.717) is 0 Å². The molecule has 0 atom stereocenters. The van der Waals surface area contributed by atoms with E-state index < -0.39 is 16.4 Å². The van der Waals surface area contributed by atoms with Crippen LogP contribution in [0.3, 0.4) is 0 Å². The van der Waals surface area contributed by atoms with Crippen LogP contribution in [0.5, 0.6) is 0 Å². The zero-order chi connectivity index (χ0) is 47.0. The molecule has 0 saturated carbocycles. The second kappa shape index (κ2) is 16.0. The molecule has 0 unspecified atom stereocenters. The summed E-state index contributed by atoms with van der Waals surface area (Å²) in [6.07, 6.45) is 6.34. The van der Waals surface area contributed by atoms with Gasteiger partial charge in [0.05, 0.1) is 16.6 Å². The Bertz CT molecular complexity index is 3500. The Kier molecular flexibility index (Phi) is 10.1. The van der Waals surface area contributed by atoms with Crippen LogP contribution in [0.15, 0.2) is 182 Å². The van der Waals surface area contributed by atoms with E-state index in [9.17, 15) is 0 Å². The summed E-state index contributed by atoms with van der Waals surface area (Å²) >= 11 is 0. The van der Waals surface area contributed by atoms with E-state index in [2.05, 4.69) is 247 Å². The molecule has 70 heavy (non-hydrogen) atoms. The predicted octanol–water partition coefficient (Wildman–Crippen LogP) is 14.4. The minimum absolute atomic E-state index is 0. The largest absolute Gasteiger partial charge is 0.511 e. The predicted molar refractivity (Wildman–Crippen MR) is 280 cm³/mol. The van der Waals surface area contributed by atoms with E-state index >= 15 is 0 Å². The number of nitrogens with zero attached hydrogens (tertiary/aromatic N) is 3. The van der Waals surface area contributed by atoms with Gasteiger partial charge in [-0.05, 0) is 173 Å². The van der Waals surface area contributed by atoms with Gasteiger partial charge in [-0.25, -0.2) is 0 Å². The fraction of sp³-hybridized carbons (Fsp3) is 0.152. The van der Waals surface area contributed by atoms with E-state index in [1.807, 2.05) is 12.3 Å². The molecule has 8 aromatic carbocycles. The van der Waals surface area contributed by atoms with Crippen LogP contribution in [0.25, 0.3) is 33.4 Å². The summed E-state index contributed by atoms with van der Waals surface area (Å²) in [5, 5.41) is 0. The molecule has 0 saturated heterocycles. The van der Waals surface area contributed by atoms with Crippen LogP contribution >= 0.6 is 0 Å². The van der Waals surface area contributed by atoms with Crippen molar-refractivity contribution in [2.45, 2.75) is 57.9 Å². The van der Waals surface area contributed by atoms with E-state index in [1.54, 1.807) is 0 Å². The SMILES string of the molecule is Cc1cccc2c1-c1c(C)cccc1C2(c1[c-]c(C2(c3ccccn3)c3cccc(C)c3-c3c(C)cccc32)ccc1)c1[c-]c(C2(N3C=CN(C)[CH-]3)c3cccc(C)c3-c3c(C)cccc32)ccc1.[Pt]. The van der Waals surface area contributed by atoms with Gasteiger partial charge < -0.3 is 9.80 Å². The number of rotatable bonds is 6. The van der Waals surface area contributed by atoms with Gasteiger partial charge in [0.15, 0.2) is 0 Å². The average Bonchev–Trinajstić information content (AvgIpc) is 4.11. The molecule has 13 rings (SSSR count). The van der Waals surface area contributed by atoms with Gasteiger partial charge in [-0.2, -0.15) is 55.2 Å². The van der Waals surface area contributed by atoms with Crippen LogP contribution in [-0.2, 0) is 37.4 Å². The van der Waals surface area contributed by atoms with Crippen LogP contribution < -0.4 is 0 Å². The zero-order valence-electron chi connectivity index (χ0n) is 40.6. The van der Waals surface area contributed by atoms with Gasteiger partial charge in [0.1, 0.15) is 0 Å². The Morgan fingerprint density at radius 2 is 0.743 bits per heavy atom. The first-order chi connectivity index (χ1) is 33.6. The maximum Gasteiger partial charge on any atom is 0.0686 e. The van der Waals surface area contributed by atoms with E-state index in [4.69, 9.17) is 4.98 Å². The molecule has 0 N–H and O–H groups in total. The molecule has 1 aliphatic heterocycles. The smallest absolute Gasteiger partial charge is 0.0686 e. The van der Waals surface area contributed by atoms with Gasteiger partial charge in [-0.3, -0.25) is 4.98 Å². The standard InChI is InChI=1S/C66H52N3.Pt/c1-41-18-10-28-51-58(41)59-42(2)19-11-29-52(59)64(51,47-24-16-26-49(38-47)65(57-34-8-9-35-67-57)53-30-12-20-43(3)60(53)61-44(4)21-13-31-54(61)65)48-25-17-27-50(39-48)66(69-37-36-68(7)40-69)55-32-14-22-45(5)62(55)63-46(6)23-15-33-56(63)66;/h8-37,40H,1-7H3;/q-3;. The number of fused-ring (bicyclic) bond motifs is 9. The summed E-state index contributed by atoms with van der Waals surface area (Å²) in [5.41, 5.74) is 25.9. The monoisotopic (exact) mass is 1080 g/mol. The minimum Gasteiger partial charge on any atom is -0.511 e. The number of aryl methyl sites for hydroxylation is 6. The van der Waals surface area contributed by atoms with Crippen molar-refractivity contribution in [1.29, 1.82) is 0 Å². The molecule has 3 aliphatic carbocycles. The second-order valence-corrected chi connectivity index (χ2v) is 19.9. The van der Waals surface area contributed by atoms with Crippen LogP contribution in [0, 0.1) is 60.3 Å². The zero-order valence-corrected chi connectivity index (χ0v) is 42.8. The maximum absolute atomic E-state index is 5.28. The molecular formula is C66H52N3Pt-3. The molecule has 1 aromatic heterocycles. The molecule has 344 valence electrons. The number of hydrogen-bond acceptors (Lipinski definition) is 3. The second-order valence-electron chi connectivity index (χ2n) is 19.9. The molecule has 2 heterocycles. The Hall–Kier alpha value is -7.06. The van der Waals surface area contributed by atoms with Gasteiger partial charge in [0.25, 0.3) is 0 Å². The molecule has 4 heteroatoms. The summed E-state index contributed by atoms with van der Waals surface area (Å²) in [6.45, 7) is 15.8. The number of benzene rings is 8. The molecule has 3 nitrogen and oxygen atoms in total. The first-order valence-electron chi connectivity index (χ1n) is 24.3. The molecule has 9 aromatic rings. The number of pyridine rings is 1. The summed E-state index contributed by atoms with van der Waals surface area (Å²) < 4.78 is 0. The molecule has 0 amide bonds. The average molecular weight is 1080 g/mol. The fourth-order valence-electron chi connectivity index (χ4n) is 13.5. The third-order valence-corrected chi connectivity index (χ3v) is 16.2. The summed E-state index contributed by atoms with van der Waals surface area (Å²) in [6, 6.07) is 70.0. The summed E-state index contributed by atoms with van der Waals surface area (Å²) in [5.74, 6) is 0. The van der Waals surface area contributed by atoms with Crippen molar-refractivity contribution in [3.63, 3.8) is 0 Å². The number of aromatic nitrogens is 1. The van der Waals surface area contributed by atoms with Crippen LogP contribution in [-0.4, -0.2) is 21.8 Å². The van der Waals surface area contributed by atoms with Crippen molar-refractivity contribution in [2.24, 2.45) is 0 Å². The Labute approximate surface area is 427 Å². The van der Waals surface area contributed by atoms with Crippen LogP contribution in [0.4, 0.5) is 0 Å². The summed E-state index contributed by atoms with van der Waals surface area (Å²) in [4.78, 5) is 9.86. The molecule has 4 aliphatic rings. The first kappa shape index (κ1) is 44.2. The third-order valence-electron chi connectivity index (χ3n) is 16.2. The number of hydrogen-bond donors (Lipinski definition) is 0. The van der Waals surface area contributed by atoms with Gasteiger partial charge in [0.2, 0.25) is 0 Å². The molecule has 0 radical (unpaired) electrons. The molecule has 0 fully saturated rings. The third kappa shape index (κ3) is 5.59. The Morgan fingerprint density at radius 1 is 0.386 bits per heavy atom. The van der Waals surface area contributed by atoms with Gasteiger partial charge in [0, 0.05) is 32.7 Å². The van der Waals surface area contributed by atoms with Crippen molar-refractivity contribution in [2.75, 3.05) is 7.05 Å². The van der Waals surface area contributed by atoms with Crippen molar-refractivity contribution >= 4 is 0 Å². The maximum atomic E-state index is 5.28. The quantitative estimate of drug-likeness (QED) is 0.155. The van der Waals surface area contributed by atoms with E-state index in [0.717, 1.165) is 27.9 Å². The van der Waals surface area contributed by atoms with Crippen molar-refractivity contribution < 1.29 is 21.1 Å². The summed E-state index contributed by atoms with van der Waals surface area (Å²) in [7, 11) is 2.12. The van der Waals surface area contributed by atoms with Crippen LogP contribution in [0.2, 0.25) is 0 Å². The van der Waals surface area contributed by atoms with E-state index in [1.165, 1.54) is 100 Å². The van der Waals surface area contributed by atoms with Gasteiger partial charge in [-0.15, -0.1) is 22.3 Å². The van der Waals surface area contributed by atoms with Gasteiger partial charge in [-0.1, -0.05) is 115 Å².